The number of rotatable bonds is 5. The molecule has 1 aliphatic heterocycles. The average Bonchev–Trinajstić information content (AvgIpc) is 2.91. The second kappa shape index (κ2) is 8.19. The number of ketones is 1. The minimum atomic E-state index is -1.97. The number of anilines is 1. The Bertz CT molecular complexity index is 1250. The maximum absolute atomic E-state index is 13.6. The first-order chi connectivity index (χ1) is 15.1. The summed E-state index contributed by atoms with van der Waals surface area (Å²) in [5.74, 6) is -0.787. The van der Waals surface area contributed by atoms with Gasteiger partial charge in [-0.25, -0.2) is 0 Å². The van der Waals surface area contributed by atoms with Gasteiger partial charge in [-0.05, 0) is 62.6 Å². The molecule has 0 saturated carbocycles. The zero-order valence-corrected chi connectivity index (χ0v) is 19.5. The van der Waals surface area contributed by atoms with E-state index in [2.05, 4.69) is 6.07 Å². The molecule has 3 aromatic rings. The fourth-order valence-electron chi connectivity index (χ4n) is 4.50. The van der Waals surface area contributed by atoms with Gasteiger partial charge in [0, 0.05) is 16.1 Å². The lowest BCUT2D eigenvalue weighted by Crippen LogP contribution is -2.41. The van der Waals surface area contributed by atoms with Gasteiger partial charge < -0.3 is 10.0 Å². The van der Waals surface area contributed by atoms with E-state index in [1.54, 1.807) is 29.2 Å². The Morgan fingerprint density at radius 3 is 2.25 bits per heavy atom. The van der Waals surface area contributed by atoms with Crippen molar-refractivity contribution in [1.82, 2.24) is 0 Å². The van der Waals surface area contributed by atoms with E-state index in [9.17, 15) is 14.7 Å². The fraction of sp³-hybridized carbons (Fsp3) is 0.259. The molecule has 4 rings (SSSR count). The highest BCUT2D eigenvalue weighted by Crippen LogP contribution is 2.45. The minimum absolute atomic E-state index is 0.280. The Morgan fingerprint density at radius 2 is 1.59 bits per heavy atom. The Labute approximate surface area is 193 Å². The standard InChI is InChI=1S/C27H26ClNO3/c1-16-5-7-20(18(3)11-16)15-29-24-10-8-21(28)13-23(24)27(32,26(29)31)14-25(30)22-9-6-17(2)12-19(22)4/h5-13,32H,14-15H2,1-4H3. The highest BCUT2D eigenvalue weighted by atomic mass is 35.5. The Kier molecular flexibility index (Phi) is 5.70. The predicted molar refractivity (Wildman–Crippen MR) is 127 cm³/mol. The molecule has 1 atom stereocenters. The van der Waals surface area contributed by atoms with Crippen LogP contribution in [-0.4, -0.2) is 16.8 Å². The second-order valence-electron chi connectivity index (χ2n) is 8.76. The summed E-state index contributed by atoms with van der Waals surface area (Å²) >= 11 is 6.22. The van der Waals surface area contributed by atoms with Gasteiger partial charge in [0.05, 0.1) is 18.7 Å². The lowest BCUT2D eigenvalue weighted by atomic mass is 9.87. The van der Waals surface area contributed by atoms with Gasteiger partial charge in [-0.2, -0.15) is 0 Å². The summed E-state index contributed by atoms with van der Waals surface area (Å²) in [6.45, 7) is 8.14. The van der Waals surface area contributed by atoms with Gasteiger partial charge >= 0.3 is 0 Å². The molecule has 1 unspecified atom stereocenters. The van der Waals surface area contributed by atoms with Crippen molar-refractivity contribution in [3.63, 3.8) is 0 Å². The first kappa shape index (κ1) is 22.3. The molecule has 0 spiro atoms. The van der Waals surface area contributed by atoms with Crippen LogP contribution in [0.15, 0.2) is 54.6 Å². The average molecular weight is 448 g/mol. The summed E-state index contributed by atoms with van der Waals surface area (Å²) in [7, 11) is 0. The minimum Gasteiger partial charge on any atom is -0.375 e. The molecule has 0 saturated heterocycles. The van der Waals surface area contributed by atoms with Gasteiger partial charge in [-0.1, -0.05) is 59.1 Å². The number of carbonyl (C=O) groups excluding carboxylic acids is 2. The number of benzene rings is 3. The normalized spacial score (nSPS) is 17.6. The van der Waals surface area contributed by atoms with Crippen LogP contribution >= 0.6 is 11.6 Å². The van der Waals surface area contributed by atoms with Crippen molar-refractivity contribution in [3.8, 4) is 0 Å². The van der Waals surface area contributed by atoms with Gasteiger partial charge in [-0.3, -0.25) is 9.59 Å². The number of nitrogens with zero attached hydrogens (tertiary/aromatic N) is 1. The van der Waals surface area contributed by atoms with E-state index in [1.165, 1.54) is 0 Å². The Balaban J connectivity index is 1.73. The van der Waals surface area contributed by atoms with Gasteiger partial charge in [0.25, 0.3) is 5.91 Å². The maximum atomic E-state index is 13.6. The molecule has 3 aromatic carbocycles. The van der Waals surface area contributed by atoms with Crippen molar-refractivity contribution in [1.29, 1.82) is 0 Å². The van der Waals surface area contributed by atoms with Crippen LogP contribution in [0, 0.1) is 27.7 Å². The number of carbonyl (C=O) groups is 2. The topological polar surface area (TPSA) is 57.6 Å². The summed E-state index contributed by atoms with van der Waals surface area (Å²) in [5.41, 5.74) is 4.55. The van der Waals surface area contributed by atoms with Crippen molar-refractivity contribution < 1.29 is 14.7 Å². The number of hydrogen-bond donors (Lipinski definition) is 1. The molecule has 1 amide bonds. The molecule has 32 heavy (non-hydrogen) atoms. The van der Waals surface area contributed by atoms with Crippen molar-refractivity contribution >= 4 is 29.0 Å². The highest BCUT2D eigenvalue weighted by Gasteiger charge is 2.51. The van der Waals surface area contributed by atoms with Crippen LogP contribution in [0.2, 0.25) is 5.02 Å². The first-order valence-corrected chi connectivity index (χ1v) is 11.0. The van der Waals surface area contributed by atoms with E-state index in [0.717, 1.165) is 27.8 Å². The zero-order valence-electron chi connectivity index (χ0n) is 18.7. The van der Waals surface area contributed by atoms with Crippen LogP contribution < -0.4 is 4.90 Å². The third-order valence-electron chi connectivity index (χ3n) is 6.22. The molecular formula is C27H26ClNO3. The summed E-state index contributed by atoms with van der Waals surface area (Å²) < 4.78 is 0. The number of amides is 1. The third kappa shape index (κ3) is 3.85. The van der Waals surface area contributed by atoms with E-state index in [-0.39, 0.29) is 12.2 Å². The van der Waals surface area contributed by atoms with Crippen LogP contribution in [0.25, 0.3) is 0 Å². The molecule has 5 heteroatoms. The molecule has 164 valence electrons. The van der Waals surface area contributed by atoms with Gasteiger partial charge in [0.2, 0.25) is 0 Å². The smallest absolute Gasteiger partial charge is 0.264 e. The summed E-state index contributed by atoms with van der Waals surface area (Å²) in [6, 6.07) is 16.6. The molecule has 0 radical (unpaired) electrons. The van der Waals surface area contributed by atoms with E-state index in [1.807, 2.05) is 52.0 Å². The van der Waals surface area contributed by atoms with Crippen molar-refractivity contribution in [3.05, 3.63) is 98.6 Å². The lowest BCUT2D eigenvalue weighted by Gasteiger charge is -2.23. The number of aliphatic hydroxyl groups is 1. The summed E-state index contributed by atoms with van der Waals surface area (Å²) in [6.07, 6.45) is -0.341. The molecule has 0 bridgehead atoms. The largest absolute Gasteiger partial charge is 0.375 e. The molecular weight excluding hydrogens is 422 g/mol. The predicted octanol–water partition coefficient (Wildman–Crippen LogP) is 5.58. The quantitative estimate of drug-likeness (QED) is 0.519. The number of fused-ring (bicyclic) bond motifs is 1. The highest BCUT2D eigenvalue weighted by molar-refractivity contribution is 6.31. The lowest BCUT2D eigenvalue weighted by molar-refractivity contribution is -0.136. The molecule has 1 heterocycles. The number of halogens is 1. The van der Waals surface area contributed by atoms with Gasteiger partial charge in [0.1, 0.15) is 0 Å². The molecule has 4 nitrogen and oxygen atoms in total. The van der Waals surface area contributed by atoms with E-state index >= 15 is 0 Å². The van der Waals surface area contributed by atoms with E-state index in [4.69, 9.17) is 11.6 Å². The third-order valence-corrected chi connectivity index (χ3v) is 6.45. The second-order valence-corrected chi connectivity index (χ2v) is 9.20. The van der Waals surface area contributed by atoms with Crippen molar-refractivity contribution in [2.45, 2.75) is 46.3 Å². The van der Waals surface area contributed by atoms with Crippen LogP contribution in [0.1, 0.15) is 50.2 Å². The maximum Gasteiger partial charge on any atom is 0.264 e. The summed E-state index contributed by atoms with van der Waals surface area (Å²) in [5, 5.41) is 12.0. The molecule has 1 N–H and O–H groups in total. The van der Waals surface area contributed by atoms with Crippen LogP contribution in [0.3, 0.4) is 0 Å². The molecule has 0 aliphatic carbocycles. The van der Waals surface area contributed by atoms with Crippen molar-refractivity contribution in [2.75, 3.05) is 4.90 Å². The number of aryl methyl sites for hydroxylation is 4. The van der Waals surface area contributed by atoms with Gasteiger partial charge in [0.15, 0.2) is 11.4 Å². The van der Waals surface area contributed by atoms with Crippen LogP contribution in [-0.2, 0) is 16.9 Å². The molecule has 1 aliphatic rings. The monoisotopic (exact) mass is 447 g/mol. The Morgan fingerprint density at radius 1 is 0.938 bits per heavy atom. The zero-order chi connectivity index (χ0) is 23.2. The van der Waals surface area contributed by atoms with Crippen LogP contribution in [0.4, 0.5) is 5.69 Å². The number of Topliss-reactive ketones (excluding diaryl/α,β-unsaturated/α-hetero) is 1. The first-order valence-electron chi connectivity index (χ1n) is 10.6. The van der Waals surface area contributed by atoms with E-state index in [0.29, 0.717) is 28.4 Å². The van der Waals surface area contributed by atoms with E-state index < -0.39 is 11.5 Å². The molecule has 0 fully saturated rings. The Hall–Kier alpha value is -2.95. The van der Waals surface area contributed by atoms with Crippen molar-refractivity contribution in [2.24, 2.45) is 0 Å². The van der Waals surface area contributed by atoms with Crippen LogP contribution in [0.5, 0.6) is 0 Å². The molecule has 0 aromatic heterocycles. The van der Waals surface area contributed by atoms with Gasteiger partial charge in [-0.15, -0.1) is 0 Å². The number of hydrogen-bond acceptors (Lipinski definition) is 3. The SMILES string of the molecule is Cc1ccc(CN2C(=O)C(O)(CC(=O)c3ccc(C)cc3C)c3cc(Cl)ccc32)c(C)c1. The fourth-order valence-corrected chi connectivity index (χ4v) is 4.67. The summed E-state index contributed by atoms with van der Waals surface area (Å²) in [4.78, 5) is 28.3.